The molecule has 0 saturated carbocycles. The van der Waals surface area contributed by atoms with Crippen molar-refractivity contribution in [3.8, 4) is 5.75 Å². The molecule has 0 bridgehead atoms. The van der Waals surface area contributed by atoms with Crippen molar-refractivity contribution in [1.82, 2.24) is 15.5 Å². The van der Waals surface area contributed by atoms with Crippen LogP contribution in [-0.4, -0.2) is 56.3 Å². The first-order valence-electron chi connectivity index (χ1n) is 10.6. The molecule has 6 nitrogen and oxygen atoms in total. The first kappa shape index (κ1) is 27.2. The van der Waals surface area contributed by atoms with Gasteiger partial charge in [-0.25, -0.2) is 4.99 Å². The highest BCUT2D eigenvalue weighted by molar-refractivity contribution is 14.0. The summed E-state index contributed by atoms with van der Waals surface area (Å²) >= 11 is 0. The van der Waals surface area contributed by atoms with Gasteiger partial charge < -0.3 is 25.4 Å². The SMILES string of the molecule is CCNC(=NCc1ccc(OCCCN(C)C)cc1)NCC(C)(O)c1ccccc1.I. The predicted octanol–water partition coefficient (Wildman–Crippen LogP) is 3.60. The lowest BCUT2D eigenvalue weighted by Crippen LogP contribution is -2.44. The van der Waals surface area contributed by atoms with Crippen molar-refractivity contribution in [2.45, 2.75) is 32.4 Å². The lowest BCUT2D eigenvalue weighted by atomic mass is 9.96. The summed E-state index contributed by atoms with van der Waals surface area (Å²) in [5.41, 5.74) is 0.987. The van der Waals surface area contributed by atoms with Gasteiger partial charge in [0.15, 0.2) is 5.96 Å². The number of aliphatic imine (C=N–C) groups is 1. The van der Waals surface area contributed by atoms with Crippen LogP contribution in [0.3, 0.4) is 0 Å². The lowest BCUT2D eigenvalue weighted by molar-refractivity contribution is 0.0617. The minimum absolute atomic E-state index is 0. The van der Waals surface area contributed by atoms with Gasteiger partial charge in [-0.2, -0.15) is 0 Å². The number of nitrogens with one attached hydrogen (secondary N) is 2. The van der Waals surface area contributed by atoms with E-state index in [2.05, 4.69) is 34.6 Å². The van der Waals surface area contributed by atoms with Crippen molar-refractivity contribution in [3.05, 3.63) is 65.7 Å². The van der Waals surface area contributed by atoms with Crippen LogP contribution in [0, 0.1) is 0 Å². The van der Waals surface area contributed by atoms with Gasteiger partial charge in [0.2, 0.25) is 0 Å². The van der Waals surface area contributed by atoms with Crippen molar-refractivity contribution in [2.24, 2.45) is 4.99 Å². The second-order valence-corrected chi connectivity index (χ2v) is 7.84. The number of hydrogen-bond donors (Lipinski definition) is 3. The van der Waals surface area contributed by atoms with E-state index in [9.17, 15) is 5.11 Å². The summed E-state index contributed by atoms with van der Waals surface area (Å²) in [6, 6.07) is 17.7. The number of benzene rings is 2. The standard InChI is InChI=1S/C24H36N4O2.HI/c1-5-25-23(27-19-24(2,29)21-10-7-6-8-11-21)26-18-20-12-14-22(15-13-20)30-17-9-16-28(3)4;/h6-8,10-15,29H,5,9,16-19H2,1-4H3,(H2,25,26,27);1H. The van der Waals surface area contributed by atoms with Crippen molar-refractivity contribution >= 4 is 29.9 Å². The maximum atomic E-state index is 10.8. The molecule has 0 fully saturated rings. The fraction of sp³-hybridized carbons (Fsp3) is 0.458. The molecule has 31 heavy (non-hydrogen) atoms. The number of guanidine groups is 1. The number of nitrogens with zero attached hydrogens (tertiary/aromatic N) is 2. The van der Waals surface area contributed by atoms with Crippen molar-refractivity contribution in [3.63, 3.8) is 0 Å². The van der Waals surface area contributed by atoms with Gasteiger partial charge in [0.1, 0.15) is 11.4 Å². The minimum Gasteiger partial charge on any atom is -0.494 e. The quantitative estimate of drug-likeness (QED) is 0.176. The van der Waals surface area contributed by atoms with E-state index in [1.165, 1.54) is 0 Å². The van der Waals surface area contributed by atoms with Crippen LogP contribution in [0.1, 0.15) is 31.4 Å². The Bertz CT molecular complexity index is 765. The van der Waals surface area contributed by atoms with Crippen molar-refractivity contribution in [1.29, 1.82) is 0 Å². The van der Waals surface area contributed by atoms with Crippen molar-refractivity contribution < 1.29 is 9.84 Å². The van der Waals surface area contributed by atoms with E-state index in [4.69, 9.17) is 4.74 Å². The topological polar surface area (TPSA) is 69.1 Å². The molecule has 0 aromatic heterocycles. The highest BCUT2D eigenvalue weighted by Crippen LogP contribution is 2.19. The fourth-order valence-electron chi connectivity index (χ4n) is 2.93. The molecule has 0 radical (unpaired) electrons. The average molecular weight is 540 g/mol. The molecule has 0 aliphatic heterocycles. The Morgan fingerprint density at radius 3 is 2.35 bits per heavy atom. The molecule has 0 aliphatic carbocycles. The zero-order valence-corrected chi connectivity index (χ0v) is 21.4. The molecular weight excluding hydrogens is 503 g/mol. The molecule has 2 aromatic rings. The van der Waals surface area contributed by atoms with Gasteiger partial charge in [-0.05, 0) is 57.6 Å². The molecule has 0 heterocycles. The van der Waals surface area contributed by atoms with E-state index in [0.29, 0.717) is 25.7 Å². The molecule has 3 N–H and O–H groups in total. The average Bonchev–Trinajstić information content (AvgIpc) is 2.74. The summed E-state index contributed by atoms with van der Waals surface area (Å²) in [6.45, 7) is 7.21. The third kappa shape index (κ3) is 10.3. The van der Waals surface area contributed by atoms with E-state index in [1.807, 2.05) is 61.5 Å². The van der Waals surface area contributed by atoms with Crippen LogP contribution in [0.2, 0.25) is 0 Å². The van der Waals surface area contributed by atoms with E-state index in [1.54, 1.807) is 6.92 Å². The second kappa shape index (κ2) is 14.3. The van der Waals surface area contributed by atoms with Gasteiger partial charge in [0, 0.05) is 13.1 Å². The summed E-state index contributed by atoms with van der Waals surface area (Å²) in [5, 5.41) is 17.3. The van der Waals surface area contributed by atoms with Crippen molar-refractivity contribution in [2.75, 3.05) is 40.3 Å². The van der Waals surface area contributed by atoms with E-state index in [0.717, 1.165) is 36.4 Å². The van der Waals surface area contributed by atoms with Gasteiger partial charge in [0.25, 0.3) is 0 Å². The third-order valence-electron chi connectivity index (χ3n) is 4.70. The Morgan fingerprint density at radius 2 is 1.74 bits per heavy atom. The summed E-state index contributed by atoms with van der Waals surface area (Å²) in [5.74, 6) is 1.56. The van der Waals surface area contributed by atoms with Crippen LogP contribution in [0.15, 0.2) is 59.6 Å². The van der Waals surface area contributed by atoms with Crippen LogP contribution >= 0.6 is 24.0 Å². The van der Waals surface area contributed by atoms with Gasteiger partial charge in [0.05, 0.1) is 19.7 Å². The Kier molecular flexibility index (Phi) is 12.5. The summed E-state index contributed by atoms with van der Waals surface area (Å²) in [7, 11) is 4.13. The van der Waals surface area contributed by atoms with E-state index >= 15 is 0 Å². The molecular formula is C24H37IN4O2. The Hall–Kier alpha value is -1.84. The normalized spacial score (nSPS) is 13.3. The molecule has 0 aliphatic rings. The first-order chi connectivity index (χ1) is 14.4. The largest absolute Gasteiger partial charge is 0.494 e. The zero-order valence-electron chi connectivity index (χ0n) is 19.1. The van der Waals surface area contributed by atoms with Gasteiger partial charge in [-0.3, -0.25) is 0 Å². The van der Waals surface area contributed by atoms with Crippen LogP contribution in [0.25, 0.3) is 0 Å². The third-order valence-corrected chi connectivity index (χ3v) is 4.70. The molecule has 172 valence electrons. The molecule has 0 saturated heterocycles. The number of halogens is 1. The zero-order chi connectivity index (χ0) is 21.8. The van der Waals surface area contributed by atoms with Crippen LogP contribution in [0.5, 0.6) is 5.75 Å². The van der Waals surface area contributed by atoms with Crippen LogP contribution in [0.4, 0.5) is 0 Å². The molecule has 1 atom stereocenters. The maximum absolute atomic E-state index is 10.8. The number of ether oxygens (including phenoxy) is 1. The summed E-state index contributed by atoms with van der Waals surface area (Å²) in [6.07, 6.45) is 1.00. The van der Waals surface area contributed by atoms with Crippen LogP contribution < -0.4 is 15.4 Å². The number of aliphatic hydroxyl groups is 1. The van der Waals surface area contributed by atoms with Crippen LogP contribution in [-0.2, 0) is 12.1 Å². The van der Waals surface area contributed by atoms with Gasteiger partial charge in [-0.15, -0.1) is 24.0 Å². The Balaban J connectivity index is 0.00000480. The highest BCUT2D eigenvalue weighted by Gasteiger charge is 2.22. The Labute approximate surface area is 204 Å². The molecule has 0 amide bonds. The summed E-state index contributed by atoms with van der Waals surface area (Å²) < 4.78 is 5.78. The molecule has 2 rings (SSSR count). The molecule has 1 unspecified atom stereocenters. The predicted molar refractivity (Wildman–Crippen MR) is 139 cm³/mol. The number of hydrogen-bond acceptors (Lipinski definition) is 4. The monoisotopic (exact) mass is 540 g/mol. The smallest absolute Gasteiger partial charge is 0.191 e. The molecule has 7 heteroatoms. The second-order valence-electron chi connectivity index (χ2n) is 7.84. The highest BCUT2D eigenvalue weighted by atomic mass is 127. The first-order valence-corrected chi connectivity index (χ1v) is 10.6. The maximum Gasteiger partial charge on any atom is 0.191 e. The van der Waals surface area contributed by atoms with Gasteiger partial charge in [-0.1, -0.05) is 42.5 Å². The minimum atomic E-state index is -0.983. The van der Waals surface area contributed by atoms with E-state index in [-0.39, 0.29) is 24.0 Å². The fourth-order valence-corrected chi connectivity index (χ4v) is 2.93. The van der Waals surface area contributed by atoms with Gasteiger partial charge >= 0.3 is 0 Å². The lowest BCUT2D eigenvalue weighted by Gasteiger charge is -2.25. The number of rotatable bonds is 11. The Morgan fingerprint density at radius 1 is 1.06 bits per heavy atom. The van der Waals surface area contributed by atoms with E-state index < -0.39 is 5.60 Å². The summed E-state index contributed by atoms with van der Waals surface area (Å²) in [4.78, 5) is 6.79. The molecule has 2 aromatic carbocycles. The molecule has 0 spiro atoms.